The topological polar surface area (TPSA) is 26.3 Å². The van der Waals surface area contributed by atoms with Crippen LogP contribution >= 0.6 is 0 Å². The van der Waals surface area contributed by atoms with Crippen LogP contribution in [0.1, 0.15) is 22.8 Å². The summed E-state index contributed by atoms with van der Waals surface area (Å²) in [6, 6.07) is 7.79. The van der Waals surface area contributed by atoms with Crippen molar-refractivity contribution < 1.29 is 27.1 Å². The summed E-state index contributed by atoms with van der Waals surface area (Å²) >= 11 is 0. The third kappa shape index (κ3) is 3.44. The number of ether oxygens (including phenoxy) is 1. The monoisotopic (exact) mass is 312 g/mol. The lowest BCUT2D eigenvalue weighted by Crippen LogP contribution is -2.08. The van der Waals surface area contributed by atoms with Crippen molar-refractivity contribution in [3.05, 3.63) is 59.4 Å². The molecule has 0 amide bonds. The van der Waals surface area contributed by atoms with Gasteiger partial charge in [-0.05, 0) is 42.3 Å². The molecule has 0 radical (unpaired) electrons. The molecular weight excluding hydrogens is 300 g/mol. The van der Waals surface area contributed by atoms with Gasteiger partial charge in [-0.3, -0.25) is 0 Å². The van der Waals surface area contributed by atoms with Crippen LogP contribution in [0.5, 0.6) is 0 Å². The molecule has 22 heavy (non-hydrogen) atoms. The van der Waals surface area contributed by atoms with Crippen molar-refractivity contribution in [2.75, 3.05) is 6.61 Å². The molecule has 0 N–H and O–H groups in total. The first-order valence-corrected chi connectivity index (χ1v) is 6.47. The number of alkyl halides is 3. The molecule has 0 atom stereocenters. The maximum absolute atomic E-state index is 13.3. The van der Waals surface area contributed by atoms with Crippen LogP contribution in [0.4, 0.5) is 17.6 Å². The number of hydrogen-bond donors (Lipinski definition) is 0. The van der Waals surface area contributed by atoms with E-state index in [1.54, 1.807) is 6.92 Å². The minimum absolute atomic E-state index is 0.0807. The molecule has 2 aromatic carbocycles. The van der Waals surface area contributed by atoms with E-state index in [9.17, 15) is 22.4 Å². The lowest BCUT2D eigenvalue weighted by molar-refractivity contribution is -0.137. The predicted molar refractivity (Wildman–Crippen MR) is 72.8 cm³/mol. The van der Waals surface area contributed by atoms with Crippen LogP contribution in [0.3, 0.4) is 0 Å². The lowest BCUT2D eigenvalue weighted by atomic mass is 9.98. The molecule has 0 aliphatic heterocycles. The summed E-state index contributed by atoms with van der Waals surface area (Å²) in [6.45, 7) is 1.67. The zero-order chi connectivity index (χ0) is 16.3. The van der Waals surface area contributed by atoms with Crippen molar-refractivity contribution in [1.82, 2.24) is 0 Å². The standard InChI is InChI=1S/C16H12F4O2/c1-2-22-15(21)14-9-12(17)6-7-13(14)10-4-3-5-11(8-10)16(18,19)20/h3-9H,2H2,1H3. The van der Waals surface area contributed by atoms with E-state index in [2.05, 4.69) is 0 Å². The number of carbonyl (C=O) groups excluding carboxylic acids is 1. The van der Waals surface area contributed by atoms with Crippen LogP contribution in [-0.4, -0.2) is 12.6 Å². The lowest BCUT2D eigenvalue weighted by Gasteiger charge is -2.12. The molecule has 116 valence electrons. The highest BCUT2D eigenvalue weighted by Crippen LogP contribution is 2.33. The molecule has 0 bridgehead atoms. The van der Waals surface area contributed by atoms with Crippen molar-refractivity contribution in [1.29, 1.82) is 0 Å². The molecule has 0 unspecified atom stereocenters. The van der Waals surface area contributed by atoms with Gasteiger partial charge in [0.15, 0.2) is 0 Å². The molecule has 0 aliphatic rings. The van der Waals surface area contributed by atoms with E-state index in [-0.39, 0.29) is 23.3 Å². The molecule has 2 aromatic rings. The van der Waals surface area contributed by atoms with Gasteiger partial charge in [-0.1, -0.05) is 18.2 Å². The molecule has 0 fully saturated rings. The Hall–Kier alpha value is -2.37. The van der Waals surface area contributed by atoms with E-state index < -0.39 is 23.5 Å². The fourth-order valence-corrected chi connectivity index (χ4v) is 2.01. The second kappa shape index (κ2) is 6.17. The van der Waals surface area contributed by atoms with E-state index in [1.165, 1.54) is 18.2 Å². The van der Waals surface area contributed by atoms with Crippen molar-refractivity contribution in [3.63, 3.8) is 0 Å². The fraction of sp³-hybridized carbons (Fsp3) is 0.188. The van der Waals surface area contributed by atoms with Gasteiger partial charge in [-0.15, -0.1) is 0 Å². The first-order valence-electron chi connectivity index (χ1n) is 6.47. The van der Waals surface area contributed by atoms with Gasteiger partial charge >= 0.3 is 12.1 Å². The largest absolute Gasteiger partial charge is 0.462 e. The van der Waals surface area contributed by atoms with Crippen LogP contribution < -0.4 is 0 Å². The molecule has 0 aromatic heterocycles. The molecule has 2 nitrogen and oxygen atoms in total. The van der Waals surface area contributed by atoms with Gasteiger partial charge in [0, 0.05) is 0 Å². The first kappa shape index (κ1) is 16.0. The van der Waals surface area contributed by atoms with Crippen molar-refractivity contribution in [2.45, 2.75) is 13.1 Å². The predicted octanol–water partition coefficient (Wildman–Crippen LogP) is 4.69. The minimum Gasteiger partial charge on any atom is -0.462 e. The summed E-state index contributed by atoms with van der Waals surface area (Å²) in [5.74, 6) is -1.45. The smallest absolute Gasteiger partial charge is 0.416 e. The summed E-state index contributed by atoms with van der Waals surface area (Å²) in [4.78, 5) is 11.9. The summed E-state index contributed by atoms with van der Waals surface area (Å²) in [7, 11) is 0. The summed E-state index contributed by atoms with van der Waals surface area (Å²) in [5.41, 5.74) is -0.603. The molecular formula is C16H12F4O2. The van der Waals surface area contributed by atoms with E-state index in [1.807, 2.05) is 0 Å². The average molecular weight is 312 g/mol. The molecule has 0 saturated heterocycles. The van der Waals surface area contributed by atoms with Gasteiger partial charge in [0.1, 0.15) is 5.82 Å². The van der Waals surface area contributed by atoms with E-state index in [0.717, 1.165) is 24.3 Å². The molecule has 0 aliphatic carbocycles. The van der Waals surface area contributed by atoms with Gasteiger partial charge in [-0.2, -0.15) is 13.2 Å². The van der Waals surface area contributed by atoms with Crippen LogP contribution in [0.15, 0.2) is 42.5 Å². The Bertz CT molecular complexity index is 693. The van der Waals surface area contributed by atoms with Gasteiger partial charge in [0.25, 0.3) is 0 Å². The Kier molecular flexibility index (Phi) is 4.49. The average Bonchev–Trinajstić information content (AvgIpc) is 2.46. The molecule has 0 heterocycles. The number of esters is 1. The second-order valence-electron chi connectivity index (χ2n) is 4.49. The fourth-order valence-electron chi connectivity index (χ4n) is 2.01. The van der Waals surface area contributed by atoms with Gasteiger partial charge in [0.2, 0.25) is 0 Å². The maximum atomic E-state index is 13.3. The quantitative estimate of drug-likeness (QED) is 0.607. The second-order valence-corrected chi connectivity index (χ2v) is 4.49. The van der Waals surface area contributed by atoms with Crippen LogP contribution in [-0.2, 0) is 10.9 Å². The third-order valence-electron chi connectivity index (χ3n) is 2.98. The summed E-state index contributed by atoms with van der Waals surface area (Å²) in [6.07, 6.45) is -4.50. The number of rotatable bonds is 3. The van der Waals surface area contributed by atoms with Crippen molar-refractivity contribution in [3.8, 4) is 11.1 Å². The highest BCUT2D eigenvalue weighted by molar-refractivity contribution is 5.97. The molecule has 0 saturated carbocycles. The zero-order valence-electron chi connectivity index (χ0n) is 11.6. The SMILES string of the molecule is CCOC(=O)c1cc(F)ccc1-c1cccc(C(F)(F)F)c1. The maximum Gasteiger partial charge on any atom is 0.416 e. The molecule has 6 heteroatoms. The van der Waals surface area contributed by atoms with E-state index >= 15 is 0 Å². The summed E-state index contributed by atoms with van der Waals surface area (Å²) < 4.78 is 56.5. The van der Waals surface area contributed by atoms with Gasteiger partial charge in [-0.25, -0.2) is 9.18 Å². The normalized spacial score (nSPS) is 11.3. The molecule has 2 rings (SSSR count). The van der Waals surface area contributed by atoms with Crippen molar-refractivity contribution in [2.24, 2.45) is 0 Å². The Balaban J connectivity index is 2.55. The summed E-state index contributed by atoms with van der Waals surface area (Å²) in [5, 5.41) is 0. The van der Waals surface area contributed by atoms with Crippen molar-refractivity contribution >= 4 is 5.97 Å². The highest BCUT2D eigenvalue weighted by Gasteiger charge is 2.30. The number of benzene rings is 2. The Labute approximate surface area is 124 Å². The van der Waals surface area contributed by atoms with E-state index in [4.69, 9.17) is 4.74 Å². The first-order chi connectivity index (χ1) is 10.3. The third-order valence-corrected chi connectivity index (χ3v) is 2.98. The Morgan fingerprint density at radius 3 is 2.50 bits per heavy atom. The highest BCUT2D eigenvalue weighted by atomic mass is 19.4. The Morgan fingerprint density at radius 2 is 1.86 bits per heavy atom. The number of halogens is 4. The Morgan fingerprint density at radius 1 is 1.14 bits per heavy atom. The van der Waals surface area contributed by atoms with Gasteiger partial charge < -0.3 is 4.74 Å². The van der Waals surface area contributed by atoms with Gasteiger partial charge in [0.05, 0.1) is 17.7 Å². The van der Waals surface area contributed by atoms with Crippen LogP contribution in [0, 0.1) is 5.82 Å². The number of carbonyl (C=O) groups is 1. The number of hydrogen-bond acceptors (Lipinski definition) is 2. The minimum atomic E-state index is -4.50. The van der Waals surface area contributed by atoms with Crippen LogP contribution in [0.25, 0.3) is 11.1 Å². The van der Waals surface area contributed by atoms with Crippen LogP contribution in [0.2, 0.25) is 0 Å². The van der Waals surface area contributed by atoms with E-state index in [0.29, 0.717) is 0 Å². The zero-order valence-corrected chi connectivity index (χ0v) is 11.6. The molecule has 0 spiro atoms.